The zero-order valence-corrected chi connectivity index (χ0v) is 16.4. The van der Waals surface area contributed by atoms with Gasteiger partial charge in [-0.15, -0.1) is 10.2 Å². The highest BCUT2D eigenvalue weighted by Crippen LogP contribution is 2.30. The van der Waals surface area contributed by atoms with Gasteiger partial charge in [0.25, 0.3) is 11.6 Å². The molecular weight excluding hydrogens is 402 g/mol. The Morgan fingerprint density at radius 1 is 1.13 bits per heavy atom. The van der Waals surface area contributed by atoms with Crippen molar-refractivity contribution in [2.75, 3.05) is 0 Å². The van der Waals surface area contributed by atoms with E-state index in [0.29, 0.717) is 5.56 Å². The first kappa shape index (κ1) is 19.0. The van der Waals surface area contributed by atoms with Gasteiger partial charge in [-0.25, -0.2) is 0 Å². The molecule has 0 unspecified atom stereocenters. The summed E-state index contributed by atoms with van der Waals surface area (Å²) in [6.45, 7) is -0.163. The average Bonchev–Trinajstić information content (AvgIpc) is 3.51. The standard InChI is InChI=1S/C22H17N3O6/c26-21(10-16-11-29-19-9-15-3-1-2-14(15)8-18(16)19)30-12-20-23-24-22(31-20)13-4-6-17(7-5-13)25(27)28/h4-9,11H,1-3,10,12H2. The lowest BCUT2D eigenvalue weighted by atomic mass is 10.0. The minimum Gasteiger partial charge on any atom is -0.464 e. The maximum Gasteiger partial charge on any atom is 0.310 e. The molecule has 1 aliphatic rings. The second-order valence-corrected chi connectivity index (χ2v) is 7.37. The van der Waals surface area contributed by atoms with Crippen LogP contribution in [0.2, 0.25) is 0 Å². The minimum atomic E-state index is -0.487. The van der Waals surface area contributed by atoms with Crippen LogP contribution in [0.4, 0.5) is 5.69 Å². The van der Waals surface area contributed by atoms with Crippen LogP contribution in [0.15, 0.2) is 51.5 Å². The number of ether oxygens (including phenoxy) is 1. The molecule has 0 atom stereocenters. The molecule has 0 saturated heterocycles. The molecule has 0 amide bonds. The van der Waals surface area contributed by atoms with Gasteiger partial charge in [-0.2, -0.15) is 0 Å². The van der Waals surface area contributed by atoms with Gasteiger partial charge in [0.05, 0.1) is 17.6 Å². The first-order valence-electron chi connectivity index (χ1n) is 9.81. The van der Waals surface area contributed by atoms with Gasteiger partial charge in [0.1, 0.15) is 5.58 Å². The lowest BCUT2D eigenvalue weighted by molar-refractivity contribution is -0.384. The lowest BCUT2D eigenvalue weighted by Gasteiger charge is -2.02. The highest BCUT2D eigenvalue weighted by Gasteiger charge is 2.18. The molecule has 5 rings (SSSR count). The summed E-state index contributed by atoms with van der Waals surface area (Å²) in [6, 6.07) is 9.90. The van der Waals surface area contributed by atoms with E-state index >= 15 is 0 Å². The van der Waals surface area contributed by atoms with Crippen molar-refractivity contribution in [3.63, 3.8) is 0 Å². The Hall–Kier alpha value is -4.01. The Kier molecular flexibility index (Phi) is 4.70. The van der Waals surface area contributed by atoms with E-state index in [1.807, 2.05) is 0 Å². The summed E-state index contributed by atoms with van der Waals surface area (Å²) in [5.74, 6) is -0.106. The topological polar surface area (TPSA) is 122 Å². The lowest BCUT2D eigenvalue weighted by Crippen LogP contribution is -2.08. The first-order valence-corrected chi connectivity index (χ1v) is 9.81. The number of esters is 1. The number of carbonyl (C=O) groups excluding carboxylic acids is 1. The summed E-state index contributed by atoms with van der Waals surface area (Å²) >= 11 is 0. The summed E-state index contributed by atoms with van der Waals surface area (Å²) in [5, 5.41) is 19.4. The van der Waals surface area contributed by atoms with E-state index in [2.05, 4.69) is 22.3 Å². The molecule has 0 spiro atoms. The van der Waals surface area contributed by atoms with E-state index in [9.17, 15) is 14.9 Å². The number of carbonyl (C=O) groups is 1. The van der Waals surface area contributed by atoms with E-state index in [4.69, 9.17) is 13.6 Å². The highest BCUT2D eigenvalue weighted by atomic mass is 16.6. The van der Waals surface area contributed by atoms with Gasteiger partial charge >= 0.3 is 5.97 Å². The number of hydrogen-bond donors (Lipinski definition) is 0. The normalized spacial score (nSPS) is 12.8. The second kappa shape index (κ2) is 7.67. The van der Waals surface area contributed by atoms with E-state index in [0.717, 1.165) is 35.8 Å². The Balaban J connectivity index is 1.22. The van der Waals surface area contributed by atoms with E-state index in [1.54, 1.807) is 6.26 Å². The second-order valence-electron chi connectivity index (χ2n) is 7.37. The molecule has 156 valence electrons. The maximum atomic E-state index is 12.3. The highest BCUT2D eigenvalue weighted by molar-refractivity contribution is 5.87. The quantitative estimate of drug-likeness (QED) is 0.259. The van der Waals surface area contributed by atoms with E-state index in [1.165, 1.54) is 35.4 Å². The van der Waals surface area contributed by atoms with Crippen molar-refractivity contribution in [3.05, 3.63) is 75.4 Å². The molecule has 0 aliphatic heterocycles. The van der Waals surface area contributed by atoms with Crippen LogP contribution in [0.1, 0.15) is 29.0 Å². The molecule has 9 nitrogen and oxygen atoms in total. The number of hydrogen-bond acceptors (Lipinski definition) is 8. The molecule has 2 heterocycles. The number of aryl methyl sites for hydroxylation is 2. The van der Waals surface area contributed by atoms with Crippen molar-refractivity contribution >= 4 is 22.6 Å². The first-order chi connectivity index (χ1) is 15.1. The summed E-state index contributed by atoms with van der Waals surface area (Å²) < 4.78 is 16.4. The SMILES string of the molecule is O=C(Cc1coc2cc3c(cc12)CCC3)OCc1nnc(-c2ccc([N+](=O)[O-])cc2)o1. The number of aromatic nitrogens is 2. The number of rotatable bonds is 6. The zero-order chi connectivity index (χ0) is 21.4. The van der Waals surface area contributed by atoms with Crippen molar-refractivity contribution < 1.29 is 23.3 Å². The minimum absolute atomic E-state index is 0.0332. The van der Waals surface area contributed by atoms with Gasteiger partial charge in [0.2, 0.25) is 5.89 Å². The van der Waals surface area contributed by atoms with Crippen LogP contribution in [-0.4, -0.2) is 21.1 Å². The number of nitro groups is 1. The van der Waals surface area contributed by atoms with Gasteiger partial charge < -0.3 is 13.6 Å². The fourth-order valence-corrected chi connectivity index (χ4v) is 3.79. The largest absolute Gasteiger partial charge is 0.464 e. The monoisotopic (exact) mass is 419 g/mol. The van der Waals surface area contributed by atoms with Crippen LogP contribution in [0.3, 0.4) is 0 Å². The van der Waals surface area contributed by atoms with Gasteiger partial charge in [-0.1, -0.05) is 0 Å². The van der Waals surface area contributed by atoms with Crippen LogP contribution in [0.25, 0.3) is 22.4 Å². The number of fused-ring (bicyclic) bond motifs is 2. The predicted molar refractivity (Wildman–Crippen MR) is 108 cm³/mol. The fraction of sp³-hybridized carbons (Fsp3) is 0.227. The predicted octanol–water partition coefficient (Wildman–Crippen LogP) is 4.17. The van der Waals surface area contributed by atoms with E-state index < -0.39 is 10.9 Å². The number of non-ortho nitro benzene ring substituents is 1. The summed E-state index contributed by atoms with van der Waals surface area (Å²) in [7, 11) is 0. The van der Waals surface area contributed by atoms with Gasteiger partial charge in [-0.3, -0.25) is 14.9 Å². The smallest absolute Gasteiger partial charge is 0.310 e. The Morgan fingerprint density at radius 2 is 1.90 bits per heavy atom. The van der Waals surface area contributed by atoms with Crippen LogP contribution in [0, 0.1) is 10.1 Å². The molecule has 2 aromatic heterocycles. The Morgan fingerprint density at radius 3 is 2.68 bits per heavy atom. The molecule has 0 saturated carbocycles. The molecule has 9 heteroatoms. The number of furan rings is 1. The van der Waals surface area contributed by atoms with Crippen LogP contribution < -0.4 is 0 Å². The van der Waals surface area contributed by atoms with Gasteiger partial charge in [-0.05, 0) is 54.7 Å². The fourth-order valence-electron chi connectivity index (χ4n) is 3.79. The molecule has 1 aliphatic carbocycles. The van der Waals surface area contributed by atoms with Crippen molar-refractivity contribution in [1.29, 1.82) is 0 Å². The Bertz CT molecular complexity index is 1290. The van der Waals surface area contributed by atoms with Crippen LogP contribution in [-0.2, 0) is 35.4 Å². The number of nitrogens with zero attached hydrogens (tertiary/aromatic N) is 3. The van der Waals surface area contributed by atoms with Crippen molar-refractivity contribution in [2.45, 2.75) is 32.3 Å². The van der Waals surface area contributed by atoms with Crippen molar-refractivity contribution in [3.8, 4) is 11.5 Å². The summed E-state index contributed by atoms with van der Waals surface area (Å²) in [5.41, 5.74) is 4.70. The third-order valence-corrected chi connectivity index (χ3v) is 5.35. The third-order valence-electron chi connectivity index (χ3n) is 5.35. The Labute approximate surface area is 175 Å². The molecule has 31 heavy (non-hydrogen) atoms. The van der Waals surface area contributed by atoms with E-state index in [-0.39, 0.29) is 30.5 Å². The van der Waals surface area contributed by atoms with Crippen molar-refractivity contribution in [1.82, 2.24) is 10.2 Å². The number of nitro benzene ring substituents is 1. The molecule has 0 radical (unpaired) electrons. The molecule has 0 N–H and O–H groups in total. The molecule has 0 bridgehead atoms. The summed E-state index contributed by atoms with van der Waals surface area (Å²) in [6.07, 6.45) is 4.94. The molecule has 4 aromatic rings. The average molecular weight is 419 g/mol. The summed E-state index contributed by atoms with van der Waals surface area (Å²) in [4.78, 5) is 22.6. The van der Waals surface area contributed by atoms with Crippen molar-refractivity contribution in [2.24, 2.45) is 0 Å². The van der Waals surface area contributed by atoms with Crippen LogP contribution >= 0.6 is 0 Å². The molecule has 2 aromatic carbocycles. The van der Waals surface area contributed by atoms with Gasteiger partial charge in [0.15, 0.2) is 6.61 Å². The number of benzene rings is 2. The zero-order valence-electron chi connectivity index (χ0n) is 16.4. The third kappa shape index (κ3) is 3.77. The maximum absolute atomic E-state index is 12.3. The molecule has 0 fully saturated rings. The molecular formula is C22H17N3O6. The van der Waals surface area contributed by atoms with Gasteiger partial charge in [0, 0.05) is 28.6 Å². The van der Waals surface area contributed by atoms with Crippen LogP contribution in [0.5, 0.6) is 0 Å².